The van der Waals surface area contributed by atoms with E-state index in [1.54, 1.807) is 56.3 Å². The molecule has 0 radical (unpaired) electrons. The van der Waals surface area contributed by atoms with Crippen molar-refractivity contribution in [3.8, 4) is 11.5 Å². The predicted molar refractivity (Wildman–Crippen MR) is 124 cm³/mol. The van der Waals surface area contributed by atoms with Crippen molar-refractivity contribution in [2.24, 2.45) is 0 Å². The normalized spacial score (nSPS) is 14.3. The molecule has 1 aliphatic heterocycles. The average Bonchev–Trinajstić information content (AvgIpc) is 3.15. The number of rotatable bonds is 6. The smallest absolute Gasteiger partial charge is 0.341 e. The van der Waals surface area contributed by atoms with Gasteiger partial charge in [-0.3, -0.25) is 9.59 Å². The topological polar surface area (TPSA) is 103 Å². The van der Waals surface area contributed by atoms with Gasteiger partial charge in [-0.2, -0.15) is 0 Å². The summed E-state index contributed by atoms with van der Waals surface area (Å²) in [6.07, 6.45) is -0.918. The summed E-state index contributed by atoms with van der Waals surface area (Å²) < 4.78 is 16.5. The molecule has 2 amide bonds. The van der Waals surface area contributed by atoms with Crippen LogP contribution in [0, 0.1) is 6.92 Å². The molecular formula is C24H22N2O6S. The Balaban J connectivity index is 1.58. The van der Waals surface area contributed by atoms with E-state index >= 15 is 0 Å². The lowest BCUT2D eigenvalue weighted by Crippen LogP contribution is -2.40. The fraction of sp³-hybridized carbons (Fsp3) is 0.208. The average molecular weight is 467 g/mol. The molecule has 1 aliphatic rings. The largest absolute Gasteiger partial charge is 0.485 e. The van der Waals surface area contributed by atoms with Crippen LogP contribution >= 0.6 is 11.3 Å². The Bertz CT molecular complexity index is 1190. The van der Waals surface area contributed by atoms with Crippen LogP contribution in [0.2, 0.25) is 0 Å². The molecule has 2 heterocycles. The number of hydrogen-bond acceptors (Lipinski definition) is 7. The number of fused-ring (bicyclic) bond motifs is 1. The Morgan fingerprint density at radius 3 is 2.45 bits per heavy atom. The van der Waals surface area contributed by atoms with Gasteiger partial charge in [0.25, 0.3) is 11.8 Å². The second-order valence-electron chi connectivity index (χ2n) is 7.15. The molecule has 170 valence electrons. The molecule has 0 bridgehead atoms. The monoisotopic (exact) mass is 466 g/mol. The Labute approximate surface area is 194 Å². The minimum Gasteiger partial charge on any atom is -0.485 e. The highest BCUT2D eigenvalue weighted by Crippen LogP contribution is 2.35. The van der Waals surface area contributed by atoms with Gasteiger partial charge in [0.05, 0.1) is 17.0 Å². The number of para-hydroxylation sites is 3. The van der Waals surface area contributed by atoms with E-state index in [4.69, 9.17) is 14.2 Å². The number of anilines is 2. The molecule has 9 heteroatoms. The van der Waals surface area contributed by atoms with Gasteiger partial charge < -0.3 is 24.8 Å². The number of esters is 1. The molecule has 8 nitrogen and oxygen atoms in total. The minimum atomic E-state index is -0.918. The third-order valence-electron chi connectivity index (χ3n) is 4.90. The summed E-state index contributed by atoms with van der Waals surface area (Å²) in [7, 11) is 0. The number of benzene rings is 2. The second kappa shape index (κ2) is 9.74. The number of carbonyl (C=O) groups excluding carboxylic acids is 3. The van der Waals surface area contributed by atoms with Crippen molar-refractivity contribution >= 4 is 39.8 Å². The second-order valence-corrected chi connectivity index (χ2v) is 8.18. The SMILES string of the molecule is CCOC(=O)c1c(NC(=O)C2COc3ccccc3O2)sc(C(=O)Nc2ccccc2)c1C. The third-order valence-corrected chi connectivity index (χ3v) is 6.11. The first-order valence-electron chi connectivity index (χ1n) is 10.3. The molecule has 1 atom stereocenters. The third kappa shape index (κ3) is 4.83. The molecule has 0 fully saturated rings. The summed E-state index contributed by atoms with van der Waals surface area (Å²) in [5.74, 6) is -0.487. The molecule has 2 N–H and O–H groups in total. The van der Waals surface area contributed by atoms with E-state index in [9.17, 15) is 14.4 Å². The van der Waals surface area contributed by atoms with E-state index in [0.717, 1.165) is 11.3 Å². The molecule has 1 unspecified atom stereocenters. The summed E-state index contributed by atoms with van der Waals surface area (Å²) in [6.45, 7) is 3.51. The zero-order valence-electron chi connectivity index (χ0n) is 18.0. The van der Waals surface area contributed by atoms with Gasteiger partial charge in [0.2, 0.25) is 6.10 Å². The zero-order chi connectivity index (χ0) is 23.4. The van der Waals surface area contributed by atoms with Crippen LogP contribution in [0.4, 0.5) is 10.7 Å². The first kappa shape index (κ1) is 22.3. The molecular weight excluding hydrogens is 444 g/mol. The summed E-state index contributed by atoms with van der Waals surface area (Å²) in [4.78, 5) is 38.8. The van der Waals surface area contributed by atoms with Gasteiger partial charge in [0, 0.05) is 5.69 Å². The van der Waals surface area contributed by atoms with Crippen molar-refractivity contribution in [3.63, 3.8) is 0 Å². The number of thiophene rings is 1. The summed E-state index contributed by atoms with van der Waals surface area (Å²) in [6, 6.07) is 16.0. The highest BCUT2D eigenvalue weighted by atomic mass is 32.1. The number of nitrogens with one attached hydrogen (secondary N) is 2. The number of amides is 2. The van der Waals surface area contributed by atoms with Crippen LogP contribution in [0.25, 0.3) is 0 Å². The lowest BCUT2D eigenvalue weighted by molar-refractivity contribution is -0.125. The Morgan fingerprint density at radius 1 is 1.03 bits per heavy atom. The number of carbonyl (C=O) groups is 3. The highest BCUT2D eigenvalue weighted by Gasteiger charge is 2.31. The van der Waals surface area contributed by atoms with Gasteiger partial charge in [-0.1, -0.05) is 30.3 Å². The van der Waals surface area contributed by atoms with E-state index in [1.807, 2.05) is 12.1 Å². The number of ether oxygens (including phenoxy) is 3. The maximum atomic E-state index is 12.9. The predicted octanol–water partition coefficient (Wildman–Crippen LogP) is 4.26. The van der Waals surface area contributed by atoms with E-state index in [-0.39, 0.29) is 29.7 Å². The van der Waals surface area contributed by atoms with Crippen molar-refractivity contribution in [1.29, 1.82) is 0 Å². The van der Waals surface area contributed by atoms with Gasteiger partial charge in [0.1, 0.15) is 11.6 Å². The van der Waals surface area contributed by atoms with E-state index in [0.29, 0.717) is 27.6 Å². The van der Waals surface area contributed by atoms with Gasteiger partial charge in [0.15, 0.2) is 11.5 Å². The van der Waals surface area contributed by atoms with E-state index in [2.05, 4.69) is 10.6 Å². The summed E-state index contributed by atoms with van der Waals surface area (Å²) in [5.41, 5.74) is 1.18. The molecule has 3 aromatic rings. The van der Waals surface area contributed by atoms with Crippen LogP contribution in [-0.4, -0.2) is 37.1 Å². The van der Waals surface area contributed by atoms with Crippen LogP contribution in [0.15, 0.2) is 54.6 Å². The van der Waals surface area contributed by atoms with Crippen LogP contribution in [0.1, 0.15) is 32.5 Å². The van der Waals surface area contributed by atoms with Crippen molar-refractivity contribution < 1.29 is 28.6 Å². The molecule has 4 rings (SSSR count). The van der Waals surface area contributed by atoms with Crippen molar-refractivity contribution in [2.45, 2.75) is 20.0 Å². The van der Waals surface area contributed by atoms with Gasteiger partial charge >= 0.3 is 5.97 Å². The van der Waals surface area contributed by atoms with Crippen LogP contribution in [-0.2, 0) is 9.53 Å². The molecule has 0 aliphatic carbocycles. The van der Waals surface area contributed by atoms with E-state index in [1.165, 1.54) is 0 Å². The fourth-order valence-electron chi connectivity index (χ4n) is 3.32. The first-order valence-corrected chi connectivity index (χ1v) is 11.2. The Hall–Kier alpha value is -3.85. The fourth-order valence-corrected chi connectivity index (χ4v) is 4.41. The Morgan fingerprint density at radius 2 is 1.73 bits per heavy atom. The van der Waals surface area contributed by atoms with Crippen LogP contribution in [0.3, 0.4) is 0 Å². The quantitative estimate of drug-likeness (QED) is 0.526. The zero-order valence-corrected chi connectivity index (χ0v) is 18.9. The molecule has 0 spiro atoms. The van der Waals surface area contributed by atoms with Crippen molar-refractivity contribution in [2.75, 3.05) is 23.8 Å². The standard InChI is InChI=1S/C24H22N2O6S/c1-3-30-24(29)19-14(2)20(22(28)25-15-9-5-4-6-10-15)33-23(19)26-21(27)18-13-31-16-11-7-8-12-17(16)32-18/h4-12,18H,3,13H2,1-2H3,(H,25,28)(H,26,27). The van der Waals surface area contributed by atoms with E-state index < -0.39 is 18.0 Å². The first-order chi connectivity index (χ1) is 16.0. The maximum Gasteiger partial charge on any atom is 0.341 e. The minimum absolute atomic E-state index is 0.0172. The van der Waals surface area contributed by atoms with Gasteiger partial charge in [-0.25, -0.2) is 4.79 Å². The highest BCUT2D eigenvalue weighted by molar-refractivity contribution is 7.19. The molecule has 2 aromatic carbocycles. The lowest BCUT2D eigenvalue weighted by atomic mass is 10.1. The van der Waals surface area contributed by atoms with Gasteiger partial charge in [-0.05, 0) is 43.7 Å². The molecule has 1 aromatic heterocycles. The van der Waals surface area contributed by atoms with Crippen LogP contribution in [0.5, 0.6) is 11.5 Å². The Kier molecular flexibility index (Phi) is 6.60. The van der Waals surface area contributed by atoms with Crippen molar-refractivity contribution in [3.05, 3.63) is 70.6 Å². The lowest BCUT2D eigenvalue weighted by Gasteiger charge is -2.25. The number of hydrogen-bond donors (Lipinski definition) is 2. The van der Waals surface area contributed by atoms with Crippen molar-refractivity contribution in [1.82, 2.24) is 0 Å². The molecule has 0 saturated carbocycles. The molecule has 0 saturated heterocycles. The maximum absolute atomic E-state index is 12.9. The van der Waals surface area contributed by atoms with Crippen LogP contribution < -0.4 is 20.1 Å². The van der Waals surface area contributed by atoms with Gasteiger partial charge in [-0.15, -0.1) is 11.3 Å². The summed E-state index contributed by atoms with van der Waals surface area (Å²) >= 11 is 1.00. The molecule has 33 heavy (non-hydrogen) atoms. The summed E-state index contributed by atoms with van der Waals surface area (Å²) in [5, 5.41) is 5.74.